The van der Waals surface area contributed by atoms with Gasteiger partial charge in [-0.05, 0) is 31.6 Å². The maximum Gasteiger partial charge on any atom is -0.0172 e. The van der Waals surface area contributed by atoms with Crippen LogP contribution in [-0.4, -0.2) is 0 Å². The van der Waals surface area contributed by atoms with Crippen LogP contribution in [0.5, 0.6) is 0 Å². The summed E-state index contributed by atoms with van der Waals surface area (Å²) in [4.78, 5) is 0. The van der Waals surface area contributed by atoms with E-state index in [1.54, 1.807) is 5.57 Å². The first-order chi connectivity index (χ1) is 4.83. The van der Waals surface area contributed by atoms with Crippen molar-refractivity contribution in [1.82, 2.24) is 0 Å². The van der Waals surface area contributed by atoms with Gasteiger partial charge in [0.15, 0.2) is 0 Å². The molecular weight excluding hydrogens is 120 g/mol. The molecule has 10 heavy (non-hydrogen) atoms. The van der Waals surface area contributed by atoms with Gasteiger partial charge in [-0.25, -0.2) is 0 Å². The van der Waals surface area contributed by atoms with Crippen LogP contribution in [0.25, 0.3) is 0 Å². The third-order valence-corrected chi connectivity index (χ3v) is 2.70. The smallest absolute Gasteiger partial charge is 0.0172 e. The SMILES string of the molecule is CC=C(CC)C1CC1CC. The van der Waals surface area contributed by atoms with Crippen LogP contribution in [-0.2, 0) is 0 Å². The third kappa shape index (κ3) is 1.42. The van der Waals surface area contributed by atoms with E-state index < -0.39 is 0 Å². The molecule has 0 aliphatic heterocycles. The van der Waals surface area contributed by atoms with Crippen LogP contribution in [0.4, 0.5) is 0 Å². The monoisotopic (exact) mass is 138 g/mol. The van der Waals surface area contributed by atoms with Gasteiger partial charge in [0.2, 0.25) is 0 Å². The average molecular weight is 138 g/mol. The van der Waals surface area contributed by atoms with Crippen molar-refractivity contribution in [2.24, 2.45) is 11.8 Å². The van der Waals surface area contributed by atoms with Crippen molar-refractivity contribution >= 4 is 0 Å². The van der Waals surface area contributed by atoms with Gasteiger partial charge < -0.3 is 0 Å². The van der Waals surface area contributed by atoms with Gasteiger partial charge in [-0.3, -0.25) is 0 Å². The molecule has 1 aliphatic carbocycles. The molecule has 1 aliphatic rings. The van der Waals surface area contributed by atoms with Crippen LogP contribution in [0.3, 0.4) is 0 Å². The summed E-state index contributed by atoms with van der Waals surface area (Å²) in [5, 5.41) is 0. The van der Waals surface area contributed by atoms with Gasteiger partial charge in [0.05, 0.1) is 0 Å². The van der Waals surface area contributed by atoms with Crippen molar-refractivity contribution in [2.45, 2.75) is 40.0 Å². The van der Waals surface area contributed by atoms with E-state index in [0.29, 0.717) is 0 Å². The maximum atomic E-state index is 2.31. The zero-order valence-electron chi connectivity index (χ0n) is 7.35. The second-order valence-corrected chi connectivity index (χ2v) is 3.23. The normalized spacial score (nSPS) is 32.5. The average Bonchev–Trinajstić information content (AvgIpc) is 2.70. The van der Waals surface area contributed by atoms with Crippen LogP contribution < -0.4 is 0 Å². The molecule has 1 saturated carbocycles. The minimum Gasteiger partial charge on any atom is -0.0882 e. The van der Waals surface area contributed by atoms with Crippen molar-refractivity contribution in [3.8, 4) is 0 Å². The van der Waals surface area contributed by atoms with Crippen LogP contribution >= 0.6 is 0 Å². The molecule has 0 bridgehead atoms. The van der Waals surface area contributed by atoms with Gasteiger partial charge in [0.25, 0.3) is 0 Å². The summed E-state index contributed by atoms with van der Waals surface area (Å²) in [6.07, 6.45) is 6.41. The fourth-order valence-electron chi connectivity index (χ4n) is 1.83. The van der Waals surface area contributed by atoms with E-state index in [4.69, 9.17) is 0 Å². The van der Waals surface area contributed by atoms with Crippen molar-refractivity contribution < 1.29 is 0 Å². The Kier molecular flexibility index (Phi) is 2.53. The fraction of sp³-hybridized carbons (Fsp3) is 0.800. The number of rotatable bonds is 3. The number of hydrogen-bond acceptors (Lipinski definition) is 0. The fourth-order valence-corrected chi connectivity index (χ4v) is 1.83. The van der Waals surface area contributed by atoms with E-state index in [9.17, 15) is 0 Å². The Balaban J connectivity index is 2.37. The van der Waals surface area contributed by atoms with E-state index in [1.165, 1.54) is 19.3 Å². The molecule has 0 spiro atoms. The van der Waals surface area contributed by atoms with E-state index >= 15 is 0 Å². The molecule has 58 valence electrons. The lowest BCUT2D eigenvalue weighted by molar-refractivity contribution is 0.722. The molecule has 1 fully saturated rings. The Morgan fingerprint density at radius 3 is 2.50 bits per heavy atom. The van der Waals surface area contributed by atoms with Gasteiger partial charge in [0.1, 0.15) is 0 Å². The van der Waals surface area contributed by atoms with Crippen LogP contribution in [0, 0.1) is 11.8 Å². The quantitative estimate of drug-likeness (QED) is 0.524. The standard InChI is InChI=1S/C10H18/c1-4-8(5-2)10-7-9(10)6-3/h4,9-10H,5-7H2,1-3H3. The molecule has 0 heterocycles. The number of hydrogen-bond donors (Lipinski definition) is 0. The highest BCUT2D eigenvalue weighted by molar-refractivity contribution is 5.14. The van der Waals surface area contributed by atoms with Gasteiger partial charge in [-0.2, -0.15) is 0 Å². The molecule has 0 aromatic heterocycles. The zero-order chi connectivity index (χ0) is 7.56. The molecule has 1 rings (SSSR count). The highest BCUT2D eigenvalue weighted by atomic mass is 14.4. The Hall–Kier alpha value is -0.260. The first kappa shape index (κ1) is 7.84. The molecular formula is C10H18. The molecule has 2 atom stereocenters. The lowest BCUT2D eigenvalue weighted by atomic mass is 10.1. The minimum absolute atomic E-state index is 0.972. The molecule has 0 aromatic rings. The Labute approximate surface area is 64.3 Å². The topological polar surface area (TPSA) is 0 Å². The van der Waals surface area contributed by atoms with Gasteiger partial charge in [0, 0.05) is 0 Å². The maximum absolute atomic E-state index is 2.31. The van der Waals surface area contributed by atoms with Crippen LogP contribution in [0.2, 0.25) is 0 Å². The molecule has 0 radical (unpaired) electrons. The summed E-state index contributed by atoms with van der Waals surface area (Å²) < 4.78 is 0. The second-order valence-electron chi connectivity index (χ2n) is 3.23. The predicted molar refractivity (Wildman–Crippen MR) is 45.9 cm³/mol. The van der Waals surface area contributed by atoms with Gasteiger partial charge in [-0.1, -0.05) is 31.9 Å². The van der Waals surface area contributed by atoms with E-state index in [2.05, 4.69) is 26.8 Å². The van der Waals surface area contributed by atoms with Gasteiger partial charge >= 0.3 is 0 Å². The first-order valence-electron chi connectivity index (χ1n) is 4.48. The zero-order valence-corrected chi connectivity index (χ0v) is 7.35. The summed E-state index contributed by atoms with van der Waals surface area (Å²) in [6, 6.07) is 0. The summed E-state index contributed by atoms with van der Waals surface area (Å²) >= 11 is 0. The predicted octanol–water partition coefficient (Wildman–Crippen LogP) is 3.39. The summed E-state index contributed by atoms with van der Waals surface area (Å²) in [6.45, 7) is 6.73. The second kappa shape index (κ2) is 3.23. The minimum atomic E-state index is 0.972. The highest BCUT2D eigenvalue weighted by Gasteiger charge is 2.36. The molecule has 0 saturated heterocycles. The summed E-state index contributed by atoms with van der Waals surface area (Å²) in [7, 11) is 0. The molecule has 0 nitrogen and oxygen atoms in total. The summed E-state index contributed by atoms with van der Waals surface area (Å²) in [5.74, 6) is 2.01. The lowest BCUT2D eigenvalue weighted by Gasteiger charge is -1.99. The molecule has 0 heteroatoms. The molecule has 0 N–H and O–H groups in total. The Bertz CT molecular complexity index is 133. The van der Waals surface area contributed by atoms with E-state index in [1.807, 2.05) is 0 Å². The van der Waals surface area contributed by atoms with Crippen molar-refractivity contribution in [3.63, 3.8) is 0 Å². The summed E-state index contributed by atoms with van der Waals surface area (Å²) in [5.41, 5.74) is 1.69. The molecule has 2 unspecified atom stereocenters. The largest absolute Gasteiger partial charge is 0.0882 e. The Morgan fingerprint density at radius 2 is 2.20 bits per heavy atom. The van der Waals surface area contributed by atoms with Crippen molar-refractivity contribution in [1.29, 1.82) is 0 Å². The number of allylic oxidation sites excluding steroid dienone is 2. The first-order valence-corrected chi connectivity index (χ1v) is 4.48. The third-order valence-electron chi connectivity index (χ3n) is 2.70. The van der Waals surface area contributed by atoms with Gasteiger partial charge in [-0.15, -0.1) is 0 Å². The highest BCUT2D eigenvalue weighted by Crippen LogP contribution is 2.46. The molecule has 0 amide bonds. The van der Waals surface area contributed by atoms with Crippen LogP contribution in [0.1, 0.15) is 40.0 Å². The van der Waals surface area contributed by atoms with Crippen molar-refractivity contribution in [2.75, 3.05) is 0 Å². The van der Waals surface area contributed by atoms with E-state index in [0.717, 1.165) is 11.8 Å². The van der Waals surface area contributed by atoms with Crippen LogP contribution in [0.15, 0.2) is 11.6 Å². The molecule has 0 aromatic carbocycles. The van der Waals surface area contributed by atoms with Crippen molar-refractivity contribution in [3.05, 3.63) is 11.6 Å². The lowest BCUT2D eigenvalue weighted by Crippen LogP contribution is -1.85. The van der Waals surface area contributed by atoms with E-state index in [-0.39, 0.29) is 0 Å². The Morgan fingerprint density at radius 1 is 1.50 bits per heavy atom.